The van der Waals surface area contributed by atoms with Crippen molar-refractivity contribution in [3.05, 3.63) is 0 Å². The smallest absolute Gasteiger partial charge is 0.108 e. The van der Waals surface area contributed by atoms with Crippen LogP contribution in [0.15, 0.2) is 0 Å². The van der Waals surface area contributed by atoms with Crippen LogP contribution in [-0.4, -0.2) is 35.6 Å². The third kappa shape index (κ3) is 14.3. The summed E-state index contributed by atoms with van der Waals surface area (Å²) in [7, 11) is 0. The molecule has 0 saturated heterocycles. The van der Waals surface area contributed by atoms with Crippen molar-refractivity contribution in [1.82, 2.24) is 0 Å². The summed E-state index contributed by atoms with van der Waals surface area (Å²) in [6, 6.07) is 0. The van der Waals surface area contributed by atoms with Gasteiger partial charge in [0.05, 0.1) is 12.2 Å². The zero-order chi connectivity index (χ0) is 15.1. The maximum Gasteiger partial charge on any atom is 0.108 e. The van der Waals surface area contributed by atoms with E-state index in [2.05, 4.69) is 13.8 Å². The van der Waals surface area contributed by atoms with Gasteiger partial charge in [-0.25, -0.2) is 9.78 Å². The van der Waals surface area contributed by atoms with Crippen LogP contribution in [0.3, 0.4) is 0 Å². The molecule has 0 aliphatic carbocycles. The van der Waals surface area contributed by atoms with Crippen LogP contribution < -0.4 is 0 Å². The number of hydrogen-bond donors (Lipinski definition) is 2. The molecule has 0 aromatic heterocycles. The van der Waals surface area contributed by atoms with Crippen molar-refractivity contribution >= 4 is 0 Å². The first kappa shape index (κ1) is 19.8. The number of unbranched alkanes of at least 4 members (excludes halogenated alkanes) is 6. The van der Waals surface area contributed by atoms with Crippen LogP contribution >= 0.6 is 0 Å². The zero-order valence-electron chi connectivity index (χ0n) is 13.4. The first-order valence-corrected chi connectivity index (χ1v) is 8.31. The molecule has 0 saturated carbocycles. The summed E-state index contributed by atoms with van der Waals surface area (Å²) in [5.41, 5.74) is 0. The van der Waals surface area contributed by atoms with E-state index in [1.165, 1.54) is 25.7 Å². The molecule has 0 bridgehead atoms. The first-order valence-electron chi connectivity index (χ1n) is 8.31. The highest BCUT2D eigenvalue weighted by Gasteiger charge is 2.07. The summed E-state index contributed by atoms with van der Waals surface area (Å²) >= 11 is 0. The zero-order valence-corrected chi connectivity index (χ0v) is 13.4. The van der Waals surface area contributed by atoms with Gasteiger partial charge in [-0.3, -0.25) is 0 Å². The van der Waals surface area contributed by atoms with E-state index in [1.807, 2.05) is 0 Å². The van der Waals surface area contributed by atoms with Gasteiger partial charge in [0.25, 0.3) is 0 Å². The second kappa shape index (κ2) is 15.2. The van der Waals surface area contributed by atoms with E-state index >= 15 is 0 Å². The lowest BCUT2D eigenvalue weighted by Crippen LogP contribution is -2.20. The van der Waals surface area contributed by atoms with Crippen LogP contribution in [0.1, 0.15) is 78.1 Å². The van der Waals surface area contributed by atoms with Crippen molar-refractivity contribution in [1.29, 1.82) is 0 Å². The van der Waals surface area contributed by atoms with Gasteiger partial charge in [0.2, 0.25) is 0 Å². The topological polar surface area (TPSA) is 58.9 Å². The summed E-state index contributed by atoms with van der Waals surface area (Å²) in [5.74, 6) is 0. The first-order chi connectivity index (χ1) is 9.70. The normalized spacial score (nSPS) is 14.4. The molecule has 0 heterocycles. The Morgan fingerprint density at radius 1 is 0.650 bits per heavy atom. The third-order valence-electron chi connectivity index (χ3n) is 3.39. The van der Waals surface area contributed by atoms with Crippen LogP contribution in [0.5, 0.6) is 0 Å². The van der Waals surface area contributed by atoms with Crippen molar-refractivity contribution in [2.24, 2.45) is 0 Å². The molecule has 4 nitrogen and oxygen atoms in total. The van der Waals surface area contributed by atoms with Gasteiger partial charge >= 0.3 is 0 Å². The van der Waals surface area contributed by atoms with Gasteiger partial charge in [-0.15, -0.1) is 0 Å². The molecular weight excluding hydrogens is 256 g/mol. The lowest BCUT2D eigenvalue weighted by atomic mass is 10.1. The standard InChI is InChI=1S/C16H34O4/c1-3-5-7-9-11-15(17)13-19-20-14-16(18)12-10-8-6-4-2/h15-18H,3-14H2,1-2H3. The lowest BCUT2D eigenvalue weighted by molar-refractivity contribution is -0.315. The predicted octanol–water partition coefficient (Wildman–Crippen LogP) is 3.60. The molecule has 0 spiro atoms. The Bertz CT molecular complexity index is 167. The number of aliphatic hydroxyl groups is 2. The highest BCUT2D eigenvalue weighted by Crippen LogP contribution is 2.07. The minimum atomic E-state index is -0.464. The Balaban J connectivity index is 3.28. The molecule has 0 rings (SSSR count). The van der Waals surface area contributed by atoms with E-state index in [0.717, 1.165) is 38.5 Å². The quantitative estimate of drug-likeness (QED) is 0.275. The minimum Gasteiger partial charge on any atom is -0.391 e. The van der Waals surface area contributed by atoms with Gasteiger partial charge in [0.15, 0.2) is 0 Å². The van der Waals surface area contributed by atoms with Crippen molar-refractivity contribution in [2.45, 2.75) is 90.3 Å². The van der Waals surface area contributed by atoms with Gasteiger partial charge in [0, 0.05) is 0 Å². The Hall–Kier alpha value is -0.160. The van der Waals surface area contributed by atoms with Crippen LogP contribution in [0.4, 0.5) is 0 Å². The summed E-state index contributed by atoms with van der Waals surface area (Å²) in [4.78, 5) is 9.88. The molecule has 0 fully saturated rings. The van der Waals surface area contributed by atoms with Crippen LogP contribution in [0.2, 0.25) is 0 Å². The highest BCUT2D eigenvalue weighted by molar-refractivity contribution is 4.55. The van der Waals surface area contributed by atoms with Gasteiger partial charge in [0.1, 0.15) is 13.2 Å². The largest absolute Gasteiger partial charge is 0.391 e. The molecule has 20 heavy (non-hydrogen) atoms. The Morgan fingerprint density at radius 3 is 1.40 bits per heavy atom. The number of rotatable bonds is 15. The van der Waals surface area contributed by atoms with Crippen LogP contribution in [0.25, 0.3) is 0 Å². The van der Waals surface area contributed by atoms with Crippen LogP contribution in [-0.2, 0) is 9.78 Å². The number of aliphatic hydroxyl groups excluding tert-OH is 2. The molecule has 0 amide bonds. The minimum absolute atomic E-state index is 0.189. The van der Waals surface area contributed by atoms with E-state index in [-0.39, 0.29) is 13.2 Å². The van der Waals surface area contributed by atoms with Gasteiger partial charge in [-0.05, 0) is 12.8 Å². The summed E-state index contributed by atoms with van der Waals surface area (Å²) in [5, 5.41) is 19.3. The Kier molecular flexibility index (Phi) is 15.1. The third-order valence-corrected chi connectivity index (χ3v) is 3.39. The Morgan fingerprint density at radius 2 is 1.05 bits per heavy atom. The highest BCUT2D eigenvalue weighted by atomic mass is 17.2. The van der Waals surface area contributed by atoms with E-state index in [4.69, 9.17) is 9.78 Å². The molecule has 2 atom stereocenters. The van der Waals surface area contributed by atoms with Crippen molar-refractivity contribution in [3.8, 4) is 0 Å². The second-order valence-electron chi connectivity index (χ2n) is 5.58. The average Bonchev–Trinajstić information content (AvgIpc) is 2.44. The molecule has 2 unspecified atom stereocenters. The molecule has 2 N–H and O–H groups in total. The van der Waals surface area contributed by atoms with E-state index < -0.39 is 12.2 Å². The van der Waals surface area contributed by atoms with Gasteiger partial charge in [-0.2, -0.15) is 0 Å². The second-order valence-corrected chi connectivity index (χ2v) is 5.58. The molecule has 0 aromatic carbocycles. The summed E-state index contributed by atoms with van der Waals surface area (Å²) in [6.45, 7) is 4.71. The van der Waals surface area contributed by atoms with E-state index in [1.54, 1.807) is 0 Å². The molecule has 0 aromatic rings. The maximum atomic E-state index is 9.65. The number of hydrogen-bond acceptors (Lipinski definition) is 4. The monoisotopic (exact) mass is 290 g/mol. The average molecular weight is 290 g/mol. The van der Waals surface area contributed by atoms with Gasteiger partial charge in [-0.1, -0.05) is 65.2 Å². The van der Waals surface area contributed by atoms with Gasteiger partial charge < -0.3 is 10.2 Å². The molecule has 0 aliphatic heterocycles. The molecule has 4 heteroatoms. The summed E-state index contributed by atoms with van der Waals surface area (Å²) in [6.07, 6.45) is 9.78. The fourth-order valence-electron chi connectivity index (χ4n) is 2.03. The molecule has 0 radical (unpaired) electrons. The van der Waals surface area contributed by atoms with E-state index in [0.29, 0.717) is 0 Å². The maximum absolute atomic E-state index is 9.65. The molecule has 122 valence electrons. The fraction of sp³-hybridized carbons (Fsp3) is 1.00. The van der Waals surface area contributed by atoms with E-state index in [9.17, 15) is 10.2 Å². The molecular formula is C16H34O4. The van der Waals surface area contributed by atoms with Crippen molar-refractivity contribution < 1.29 is 20.0 Å². The summed E-state index contributed by atoms with van der Waals surface area (Å²) < 4.78 is 0. The fourth-order valence-corrected chi connectivity index (χ4v) is 2.03. The van der Waals surface area contributed by atoms with Crippen molar-refractivity contribution in [3.63, 3.8) is 0 Å². The predicted molar refractivity (Wildman–Crippen MR) is 81.4 cm³/mol. The lowest BCUT2D eigenvalue weighted by Gasteiger charge is -2.13. The van der Waals surface area contributed by atoms with Crippen LogP contribution in [0, 0.1) is 0 Å². The van der Waals surface area contributed by atoms with Crippen molar-refractivity contribution in [2.75, 3.05) is 13.2 Å². The Labute approximate surface area is 124 Å². The molecule has 0 aliphatic rings. The SMILES string of the molecule is CCCCCCC(O)COOCC(O)CCCCCC.